The monoisotopic (exact) mass is 460 g/mol. The Morgan fingerprint density at radius 1 is 1.03 bits per heavy atom. The van der Waals surface area contributed by atoms with Gasteiger partial charge < -0.3 is 4.74 Å². The Hall–Kier alpha value is -1.52. The van der Waals surface area contributed by atoms with Crippen molar-refractivity contribution < 1.29 is 24.0 Å². The predicted octanol–water partition coefficient (Wildman–Crippen LogP) is 3.75. The number of nitrogens with one attached hydrogen (secondary N) is 1. The minimum Gasteiger partial charge on any atom is -0.483 e. The van der Waals surface area contributed by atoms with Crippen LogP contribution >= 0.6 is 23.5 Å². The lowest BCUT2D eigenvalue weighted by molar-refractivity contribution is -0.259. The number of rotatable bonds is 1. The van der Waals surface area contributed by atoms with Gasteiger partial charge in [0.05, 0.1) is 21.8 Å². The van der Waals surface area contributed by atoms with Gasteiger partial charge in [0.15, 0.2) is 6.23 Å². The number of hydrogen-bond acceptors (Lipinski definition) is 8. The van der Waals surface area contributed by atoms with Gasteiger partial charge in [-0.15, -0.1) is 23.5 Å². The van der Waals surface area contributed by atoms with Crippen molar-refractivity contribution in [2.45, 2.75) is 54.4 Å². The molecule has 1 aliphatic carbocycles. The summed E-state index contributed by atoms with van der Waals surface area (Å²) in [4.78, 5) is 37.4. The first kappa shape index (κ1) is 20.1. The SMILES string of the molecule is O=C1c2cc3c(cc2C(=O)N1C1CCONO1)OC1(C=C3)CCC2(CC1)SCCCS2. The lowest BCUT2D eigenvalue weighted by Crippen LogP contribution is -2.47. The van der Waals surface area contributed by atoms with E-state index >= 15 is 0 Å². The number of carbonyl (C=O) groups is 2. The summed E-state index contributed by atoms with van der Waals surface area (Å²) in [7, 11) is 0. The lowest BCUT2D eigenvalue weighted by atomic mass is 9.82. The average Bonchev–Trinajstić information content (AvgIpc) is 3.05. The van der Waals surface area contributed by atoms with Gasteiger partial charge in [0, 0.05) is 12.0 Å². The highest BCUT2D eigenvalue weighted by Gasteiger charge is 2.47. The Kier molecular flexibility index (Phi) is 4.88. The van der Waals surface area contributed by atoms with E-state index in [9.17, 15) is 9.59 Å². The number of carbonyl (C=O) groups excluding carboxylic acids is 2. The summed E-state index contributed by atoms with van der Waals surface area (Å²) < 4.78 is 6.88. The summed E-state index contributed by atoms with van der Waals surface area (Å²) in [5.74, 6) is 2.52. The minimum absolute atomic E-state index is 0.315. The molecule has 1 atom stereocenters. The molecule has 1 aromatic carbocycles. The standard InChI is InChI=1S/C22H24N2O5S2/c25-19-15-12-14-2-4-21(5-7-22(8-6-21)30-10-1-11-31-22)28-17(14)13-16(15)20(26)24(19)18-3-9-27-23-29-18/h2,4,12-13,18,23H,1,3,5-11H2. The van der Waals surface area contributed by atoms with Crippen molar-refractivity contribution in [2.24, 2.45) is 0 Å². The van der Waals surface area contributed by atoms with Gasteiger partial charge in [0.2, 0.25) is 0 Å². The Balaban J connectivity index is 1.25. The molecular formula is C22H24N2O5S2. The van der Waals surface area contributed by atoms with Crippen LogP contribution in [0.25, 0.3) is 6.08 Å². The van der Waals surface area contributed by atoms with Gasteiger partial charge in [-0.25, -0.2) is 4.90 Å². The third-order valence-corrected chi connectivity index (χ3v) is 10.4. The van der Waals surface area contributed by atoms with Crippen molar-refractivity contribution in [3.8, 4) is 5.75 Å². The number of ether oxygens (including phenoxy) is 1. The van der Waals surface area contributed by atoms with Crippen LogP contribution in [0.1, 0.15) is 64.8 Å². The Morgan fingerprint density at radius 3 is 2.48 bits per heavy atom. The molecule has 4 aliphatic heterocycles. The molecule has 1 aromatic rings. The Morgan fingerprint density at radius 2 is 1.77 bits per heavy atom. The second-order valence-electron chi connectivity index (χ2n) is 8.67. The van der Waals surface area contributed by atoms with Crippen molar-refractivity contribution in [2.75, 3.05) is 18.1 Å². The van der Waals surface area contributed by atoms with E-state index in [1.54, 1.807) is 12.1 Å². The van der Waals surface area contributed by atoms with E-state index < -0.39 is 6.23 Å². The largest absolute Gasteiger partial charge is 0.483 e. The number of hydrogen-bond donors (Lipinski definition) is 1. The maximum atomic E-state index is 13.0. The van der Waals surface area contributed by atoms with Crippen molar-refractivity contribution in [1.82, 2.24) is 10.5 Å². The molecule has 1 N–H and O–H groups in total. The van der Waals surface area contributed by atoms with Crippen LogP contribution in [0.4, 0.5) is 0 Å². The van der Waals surface area contributed by atoms with Crippen LogP contribution in [-0.4, -0.2) is 50.7 Å². The summed E-state index contributed by atoms with van der Waals surface area (Å²) in [5.41, 5.74) is 3.63. The second kappa shape index (κ2) is 7.52. The highest BCUT2D eigenvalue weighted by Crippen LogP contribution is 2.55. The van der Waals surface area contributed by atoms with E-state index in [1.807, 2.05) is 0 Å². The number of amides is 2. The highest BCUT2D eigenvalue weighted by molar-refractivity contribution is 8.18. The molecule has 1 saturated carbocycles. The van der Waals surface area contributed by atoms with E-state index in [0.29, 0.717) is 34.0 Å². The average molecular weight is 461 g/mol. The maximum absolute atomic E-state index is 13.0. The fourth-order valence-electron chi connectivity index (χ4n) is 5.04. The van der Waals surface area contributed by atoms with Crippen LogP contribution < -0.4 is 10.4 Å². The topological polar surface area (TPSA) is 77.1 Å². The summed E-state index contributed by atoms with van der Waals surface area (Å²) in [6, 6.07) is 3.52. The molecule has 4 heterocycles. The van der Waals surface area contributed by atoms with Gasteiger partial charge in [0.1, 0.15) is 11.4 Å². The van der Waals surface area contributed by atoms with Crippen molar-refractivity contribution >= 4 is 41.4 Å². The quantitative estimate of drug-likeness (QED) is 0.635. The van der Waals surface area contributed by atoms with E-state index in [2.05, 4.69) is 41.3 Å². The van der Waals surface area contributed by atoms with Crippen LogP contribution in [0.15, 0.2) is 18.2 Å². The molecular weight excluding hydrogens is 436 g/mol. The zero-order valence-electron chi connectivity index (χ0n) is 17.1. The lowest BCUT2D eigenvalue weighted by Gasteiger charge is -2.47. The summed E-state index contributed by atoms with van der Waals surface area (Å²) in [6.07, 6.45) is 9.48. The minimum atomic E-state index is -0.680. The van der Waals surface area contributed by atoms with Gasteiger partial charge >= 0.3 is 0 Å². The molecule has 5 aliphatic rings. The number of benzene rings is 1. The molecule has 2 spiro atoms. The van der Waals surface area contributed by atoms with E-state index in [-0.39, 0.29) is 17.4 Å². The molecule has 2 saturated heterocycles. The van der Waals surface area contributed by atoms with Crippen LogP contribution in [0.2, 0.25) is 0 Å². The van der Waals surface area contributed by atoms with E-state index in [0.717, 1.165) is 31.2 Å². The van der Waals surface area contributed by atoms with Gasteiger partial charge in [-0.3, -0.25) is 19.3 Å². The Bertz CT molecular complexity index is 959. The third-order valence-electron chi connectivity index (χ3n) is 6.80. The molecule has 164 valence electrons. The van der Waals surface area contributed by atoms with Crippen LogP contribution in [0, 0.1) is 0 Å². The van der Waals surface area contributed by atoms with Crippen LogP contribution in [-0.2, 0) is 9.68 Å². The Labute approximate surface area is 189 Å². The van der Waals surface area contributed by atoms with Crippen molar-refractivity contribution in [3.63, 3.8) is 0 Å². The number of thioether (sulfide) groups is 2. The molecule has 1 unspecified atom stereocenters. The first-order valence-corrected chi connectivity index (χ1v) is 12.8. The van der Waals surface area contributed by atoms with Crippen molar-refractivity contribution in [3.05, 3.63) is 34.9 Å². The molecule has 3 fully saturated rings. The van der Waals surface area contributed by atoms with E-state index in [4.69, 9.17) is 14.4 Å². The summed E-state index contributed by atoms with van der Waals surface area (Å²) in [6.45, 7) is 0.362. The molecule has 0 aromatic heterocycles. The summed E-state index contributed by atoms with van der Waals surface area (Å²) >= 11 is 4.24. The molecule has 31 heavy (non-hydrogen) atoms. The molecule has 6 rings (SSSR count). The zero-order chi connectivity index (χ0) is 21.1. The number of imide groups is 1. The molecule has 7 nitrogen and oxygen atoms in total. The molecule has 2 amide bonds. The summed E-state index contributed by atoms with van der Waals surface area (Å²) in [5, 5.41) is 0. The van der Waals surface area contributed by atoms with Crippen LogP contribution in [0.3, 0.4) is 0 Å². The third kappa shape index (κ3) is 3.33. The highest BCUT2D eigenvalue weighted by atomic mass is 32.2. The second-order valence-corrected chi connectivity index (χ2v) is 11.9. The normalized spacial score (nSPS) is 28.5. The smallest absolute Gasteiger partial charge is 0.263 e. The van der Waals surface area contributed by atoms with Crippen molar-refractivity contribution in [1.29, 1.82) is 0 Å². The number of fused-ring (bicyclic) bond motifs is 2. The van der Waals surface area contributed by atoms with Gasteiger partial charge in [-0.2, -0.15) is 0 Å². The number of nitrogens with zero attached hydrogens (tertiary/aromatic N) is 1. The molecule has 9 heteroatoms. The maximum Gasteiger partial charge on any atom is 0.263 e. The first-order valence-electron chi connectivity index (χ1n) is 10.8. The molecule has 0 radical (unpaired) electrons. The predicted molar refractivity (Wildman–Crippen MR) is 119 cm³/mol. The van der Waals surface area contributed by atoms with Gasteiger partial charge in [-0.1, -0.05) is 11.7 Å². The fourth-order valence-corrected chi connectivity index (χ4v) is 8.36. The van der Waals surface area contributed by atoms with Crippen LogP contribution in [0.5, 0.6) is 5.75 Å². The first-order chi connectivity index (χ1) is 15.1. The van der Waals surface area contributed by atoms with E-state index in [1.165, 1.54) is 22.8 Å². The molecule has 0 bridgehead atoms. The fraction of sp³-hybridized carbons (Fsp3) is 0.545. The van der Waals surface area contributed by atoms with Gasteiger partial charge in [0.25, 0.3) is 11.8 Å². The zero-order valence-corrected chi connectivity index (χ0v) is 18.7. The van der Waals surface area contributed by atoms with Gasteiger partial charge in [-0.05, 0) is 61.8 Å².